The van der Waals surface area contributed by atoms with Gasteiger partial charge in [0.1, 0.15) is 11.6 Å². The number of hydrogen-bond acceptors (Lipinski definition) is 3. The van der Waals surface area contributed by atoms with Crippen molar-refractivity contribution in [2.45, 2.75) is 0 Å². The summed E-state index contributed by atoms with van der Waals surface area (Å²) in [6.45, 7) is 0. The molecule has 1 aromatic carbocycles. The molecule has 0 unspecified atom stereocenters. The van der Waals surface area contributed by atoms with Crippen LogP contribution >= 0.6 is 15.9 Å². The topological polar surface area (TPSA) is 39.4 Å². The van der Waals surface area contributed by atoms with E-state index in [9.17, 15) is 4.39 Å². The lowest BCUT2D eigenvalue weighted by Gasteiger charge is -2.05. The van der Waals surface area contributed by atoms with E-state index < -0.39 is 0 Å². The Hall–Kier alpha value is -1.95. The third kappa shape index (κ3) is 2.06. The van der Waals surface area contributed by atoms with Gasteiger partial charge in [0.05, 0.1) is 10.7 Å². The minimum absolute atomic E-state index is 0.332. The first-order valence-electron chi connectivity index (χ1n) is 5.16. The van der Waals surface area contributed by atoms with Crippen LogP contribution in [0.25, 0.3) is 5.65 Å². The SMILES string of the molecule is Fc1ccc(Oc2ccn3nccc3n2)cc1Br. The molecule has 90 valence electrons. The van der Waals surface area contributed by atoms with Crippen LogP contribution in [0, 0.1) is 5.82 Å². The van der Waals surface area contributed by atoms with E-state index in [2.05, 4.69) is 26.0 Å². The zero-order valence-corrected chi connectivity index (χ0v) is 10.6. The molecular formula is C12H7BrFN3O. The Morgan fingerprint density at radius 1 is 1.22 bits per heavy atom. The third-order valence-corrected chi connectivity index (χ3v) is 2.95. The van der Waals surface area contributed by atoms with E-state index in [-0.39, 0.29) is 5.82 Å². The average molecular weight is 308 g/mol. The van der Waals surface area contributed by atoms with Crippen molar-refractivity contribution in [3.8, 4) is 11.6 Å². The van der Waals surface area contributed by atoms with Gasteiger partial charge in [0.2, 0.25) is 5.88 Å². The van der Waals surface area contributed by atoms with Crippen molar-refractivity contribution >= 4 is 21.6 Å². The maximum atomic E-state index is 13.1. The largest absolute Gasteiger partial charge is 0.439 e. The normalized spacial score (nSPS) is 10.8. The van der Waals surface area contributed by atoms with Gasteiger partial charge < -0.3 is 4.74 Å². The predicted molar refractivity (Wildman–Crippen MR) is 67.2 cm³/mol. The molecule has 0 amide bonds. The van der Waals surface area contributed by atoms with Crippen LogP contribution in [0.2, 0.25) is 0 Å². The second-order valence-electron chi connectivity index (χ2n) is 3.58. The van der Waals surface area contributed by atoms with E-state index in [1.807, 2.05) is 0 Å². The minimum Gasteiger partial charge on any atom is -0.439 e. The van der Waals surface area contributed by atoms with Crippen LogP contribution in [0.1, 0.15) is 0 Å². The van der Waals surface area contributed by atoms with Crippen molar-refractivity contribution in [1.29, 1.82) is 0 Å². The van der Waals surface area contributed by atoms with Crippen LogP contribution in [0.15, 0.2) is 47.2 Å². The molecule has 0 aliphatic heterocycles. The second-order valence-corrected chi connectivity index (χ2v) is 4.43. The monoisotopic (exact) mass is 307 g/mol. The van der Waals surface area contributed by atoms with Crippen LogP contribution in [0.3, 0.4) is 0 Å². The summed E-state index contributed by atoms with van der Waals surface area (Å²) in [6, 6.07) is 7.89. The van der Waals surface area contributed by atoms with Crippen molar-refractivity contribution in [3.63, 3.8) is 0 Å². The second kappa shape index (κ2) is 4.38. The number of rotatable bonds is 2. The highest BCUT2D eigenvalue weighted by atomic mass is 79.9. The van der Waals surface area contributed by atoms with Crippen LogP contribution in [-0.4, -0.2) is 14.6 Å². The highest BCUT2D eigenvalue weighted by Gasteiger charge is 2.04. The molecule has 18 heavy (non-hydrogen) atoms. The number of halogens is 2. The Kier molecular flexibility index (Phi) is 2.71. The first-order chi connectivity index (χ1) is 8.72. The predicted octanol–water partition coefficient (Wildman–Crippen LogP) is 3.42. The number of ether oxygens (including phenoxy) is 1. The molecule has 0 atom stereocenters. The quantitative estimate of drug-likeness (QED) is 0.728. The van der Waals surface area contributed by atoms with E-state index in [1.165, 1.54) is 6.07 Å². The summed E-state index contributed by atoms with van der Waals surface area (Å²) in [4.78, 5) is 4.25. The number of nitrogens with zero attached hydrogens (tertiary/aromatic N) is 3. The van der Waals surface area contributed by atoms with E-state index in [0.29, 0.717) is 21.7 Å². The van der Waals surface area contributed by atoms with Crippen LogP contribution in [0.5, 0.6) is 11.6 Å². The Morgan fingerprint density at radius 2 is 2.11 bits per heavy atom. The van der Waals surface area contributed by atoms with Gasteiger partial charge in [-0.3, -0.25) is 0 Å². The molecule has 0 spiro atoms. The van der Waals surface area contributed by atoms with Crippen LogP contribution < -0.4 is 4.74 Å². The molecule has 4 nitrogen and oxygen atoms in total. The molecule has 3 aromatic rings. The third-order valence-electron chi connectivity index (χ3n) is 2.35. The Bertz CT molecular complexity index is 713. The number of benzene rings is 1. The summed E-state index contributed by atoms with van der Waals surface area (Å²) in [5, 5.41) is 4.03. The maximum Gasteiger partial charge on any atom is 0.222 e. The molecule has 0 fully saturated rings. The first kappa shape index (κ1) is 11.2. The van der Waals surface area contributed by atoms with Crippen molar-refractivity contribution < 1.29 is 9.13 Å². The van der Waals surface area contributed by atoms with Gasteiger partial charge in [-0.15, -0.1) is 0 Å². The smallest absolute Gasteiger partial charge is 0.222 e. The summed E-state index contributed by atoms with van der Waals surface area (Å²) < 4.78 is 20.6. The lowest BCUT2D eigenvalue weighted by molar-refractivity contribution is 0.460. The van der Waals surface area contributed by atoms with Gasteiger partial charge in [-0.05, 0) is 34.1 Å². The molecular weight excluding hydrogens is 301 g/mol. The molecule has 6 heteroatoms. The summed E-state index contributed by atoms with van der Waals surface area (Å²) in [6.07, 6.45) is 3.40. The zero-order valence-electron chi connectivity index (χ0n) is 9.05. The fraction of sp³-hybridized carbons (Fsp3) is 0. The van der Waals surface area contributed by atoms with Gasteiger partial charge >= 0.3 is 0 Å². The number of aromatic nitrogens is 3. The lowest BCUT2D eigenvalue weighted by Crippen LogP contribution is -1.93. The molecule has 0 aliphatic carbocycles. The van der Waals surface area contributed by atoms with Crippen LogP contribution in [-0.2, 0) is 0 Å². The Balaban J connectivity index is 1.92. The fourth-order valence-electron chi connectivity index (χ4n) is 1.51. The van der Waals surface area contributed by atoms with Gasteiger partial charge in [0.25, 0.3) is 0 Å². The van der Waals surface area contributed by atoms with Gasteiger partial charge in [-0.25, -0.2) is 8.91 Å². The molecule has 3 rings (SSSR count). The van der Waals surface area contributed by atoms with E-state index >= 15 is 0 Å². The fourth-order valence-corrected chi connectivity index (χ4v) is 1.87. The van der Waals surface area contributed by atoms with Crippen LogP contribution in [0.4, 0.5) is 4.39 Å². The maximum absolute atomic E-state index is 13.1. The first-order valence-corrected chi connectivity index (χ1v) is 5.95. The van der Waals surface area contributed by atoms with Crippen molar-refractivity contribution in [3.05, 3.63) is 53.0 Å². The van der Waals surface area contributed by atoms with Gasteiger partial charge in [-0.1, -0.05) is 0 Å². The summed E-state index contributed by atoms with van der Waals surface area (Å²) in [7, 11) is 0. The zero-order chi connectivity index (χ0) is 12.5. The molecule has 0 saturated carbocycles. The van der Waals surface area contributed by atoms with Crippen molar-refractivity contribution in [2.75, 3.05) is 0 Å². The van der Waals surface area contributed by atoms with Crippen molar-refractivity contribution in [1.82, 2.24) is 14.6 Å². The highest BCUT2D eigenvalue weighted by molar-refractivity contribution is 9.10. The van der Waals surface area contributed by atoms with Gasteiger partial charge in [0.15, 0.2) is 5.65 Å². The summed E-state index contributed by atoms with van der Waals surface area (Å²) in [5.74, 6) is 0.614. The minimum atomic E-state index is -0.332. The van der Waals surface area contributed by atoms with E-state index in [1.54, 1.807) is 41.2 Å². The van der Waals surface area contributed by atoms with E-state index in [0.717, 1.165) is 0 Å². The highest BCUT2D eigenvalue weighted by Crippen LogP contribution is 2.25. The van der Waals surface area contributed by atoms with Gasteiger partial charge in [-0.2, -0.15) is 10.1 Å². The molecule has 0 N–H and O–H groups in total. The lowest BCUT2D eigenvalue weighted by atomic mass is 10.3. The number of fused-ring (bicyclic) bond motifs is 1. The summed E-state index contributed by atoms with van der Waals surface area (Å²) in [5.41, 5.74) is 0.689. The molecule has 0 bridgehead atoms. The molecule has 0 aliphatic rings. The number of hydrogen-bond donors (Lipinski definition) is 0. The summed E-state index contributed by atoms with van der Waals surface area (Å²) >= 11 is 3.10. The Labute approximate surface area is 110 Å². The Morgan fingerprint density at radius 3 is 2.94 bits per heavy atom. The van der Waals surface area contributed by atoms with E-state index in [4.69, 9.17) is 4.74 Å². The molecule has 0 radical (unpaired) electrons. The molecule has 2 aromatic heterocycles. The molecule has 0 saturated heterocycles. The molecule has 2 heterocycles. The van der Waals surface area contributed by atoms with Crippen molar-refractivity contribution in [2.24, 2.45) is 0 Å². The average Bonchev–Trinajstić information content (AvgIpc) is 2.81. The van der Waals surface area contributed by atoms with Gasteiger partial charge in [0, 0.05) is 18.3 Å². The standard InChI is InChI=1S/C12H7BrFN3O/c13-9-7-8(1-2-10(9)14)18-12-4-6-17-11(16-12)3-5-15-17/h1-7H.